The van der Waals surface area contributed by atoms with Gasteiger partial charge in [-0.3, -0.25) is 14.4 Å². The summed E-state index contributed by atoms with van der Waals surface area (Å²) in [6.45, 7) is 0.647. The largest absolute Gasteiger partial charge is 0.405 e. The predicted molar refractivity (Wildman–Crippen MR) is 137 cm³/mol. The molecule has 0 aromatic heterocycles. The lowest BCUT2D eigenvalue weighted by atomic mass is 9.93. The van der Waals surface area contributed by atoms with Crippen LogP contribution in [0.1, 0.15) is 31.0 Å². The molecule has 40 heavy (non-hydrogen) atoms. The molecule has 2 rings (SSSR count). The Morgan fingerprint density at radius 2 is 1.57 bits per heavy atom. The summed E-state index contributed by atoms with van der Waals surface area (Å²) in [7, 11) is 0. The summed E-state index contributed by atoms with van der Waals surface area (Å²) in [6, 6.07) is 9.91. The molecule has 220 valence electrons. The monoisotopic (exact) mass is 592 g/mol. The highest BCUT2D eigenvalue weighted by Crippen LogP contribution is 2.26. The van der Waals surface area contributed by atoms with Gasteiger partial charge in [-0.1, -0.05) is 67.9 Å². The Hall–Kier alpha value is -3.29. The summed E-state index contributed by atoms with van der Waals surface area (Å²) >= 11 is 5.96. The molecule has 4 unspecified atom stereocenters. The Bertz CT molecular complexity index is 1170. The Balaban J connectivity index is 2.24. The van der Waals surface area contributed by atoms with Gasteiger partial charge < -0.3 is 26.8 Å². The molecule has 0 saturated carbocycles. The maximum absolute atomic E-state index is 14.6. The SMILES string of the molecule is CC(C)C(NC(=O)C(NC(=O)C(N)Cc1cccc(Cl)c1)c1ccccc1)C(O)C(F)(F)C(=O)NCC(F)(F)F. The Kier molecular flexibility index (Phi) is 11.4. The molecule has 0 aliphatic carbocycles. The van der Waals surface area contributed by atoms with E-state index in [9.17, 15) is 41.4 Å². The van der Waals surface area contributed by atoms with Gasteiger partial charge in [0.25, 0.3) is 5.91 Å². The second kappa shape index (κ2) is 13.9. The van der Waals surface area contributed by atoms with Crippen molar-refractivity contribution < 1.29 is 41.4 Å². The second-order valence-corrected chi connectivity index (χ2v) is 9.87. The van der Waals surface area contributed by atoms with Crippen LogP contribution >= 0.6 is 11.6 Å². The number of aliphatic hydroxyl groups excluding tert-OH is 1. The van der Waals surface area contributed by atoms with Crippen LogP contribution in [0.15, 0.2) is 54.6 Å². The van der Waals surface area contributed by atoms with Gasteiger partial charge in [0, 0.05) is 5.02 Å². The van der Waals surface area contributed by atoms with Crippen molar-refractivity contribution in [3.05, 3.63) is 70.7 Å². The number of alkyl halides is 5. The lowest BCUT2D eigenvalue weighted by Crippen LogP contribution is -2.60. The van der Waals surface area contributed by atoms with Crippen LogP contribution in [-0.2, 0) is 20.8 Å². The molecule has 6 N–H and O–H groups in total. The minimum Gasteiger partial charge on any atom is -0.384 e. The molecule has 0 radical (unpaired) electrons. The highest BCUT2D eigenvalue weighted by Gasteiger charge is 2.52. The van der Waals surface area contributed by atoms with Crippen molar-refractivity contribution in [2.45, 2.75) is 56.6 Å². The van der Waals surface area contributed by atoms with Crippen LogP contribution < -0.4 is 21.7 Å². The first-order chi connectivity index (χ1) is 18.5. The fourth-order valence-corrected chi connectivity index (χ4v) is 3.93. The molecule has 3 amide bonds. The van der Waals surface area contributed by atoms with Gasteiger partial charge in [0.2, 0.25) is 11.8 Å². The quantitative estimate of drug-likeness (QED) is 0.242. The van der Waals surface area contributed by atoms with E-state index in [4.69, 9.17) is 17.3 Å². The minimum atomic E-state index is -4.96. The van der Waals surface area contributed by atoms with Crippen molar-refractivity contribution in [1.82, 2.24) is 16.0 Å². The zero-order valence-corrected chi connectivity index (χ0v) is 22.3. The van der Waals surface area contributed by atoms with Gasteiger partial charge >= 0.3 is 12.1 Å². The molecular formula is C26H30ClF5N4O4. The lowest BCUT2D eigenvalue weighted by molar-refractivity contribution is -0.175. The van der Waals surface area contributed by atoms with E-state index in [2.05, 4.69) is 10.6 Å². The highest BCUT2D eigenvalue weighted by molar-refractivity contribution is 6.30. The third kappa shape index (κ3) is 9.42. The Labute approximate surface area is 232 Å². The molecule has 14 heteroatoms. The summed E-state index contributed by atoms with van der Waals surface area (Å²) < 4.78 is 66.5. The molecule has 0 bridgehead atoms. The number of rotatable bonds is 12. The number of carbonyl (C=O) groups is 3. The number of amides is 3. The van der Waals surface area contributed by atoms with E-state index < -0.39 is 66.5 Å². The summed E-state index contributed by atoms with van der Waals surface area (Å²) in [5.74, 6) is -9.77. The smallest absolute Gasteiger partial charge is 0.384 e. The van der Waals surface area contributed by atoms with Crippen molar-refractivity contribution in [2.75, 3.05) is 6.54 Å². The van der Waals surface area contributed by atoms with Gasteiger partial charge in [0.1, 0.15) is 18.7 Å². The molecule has 8 nitrogen and oxygen atoms in total. The second-order valence-electron chi connectivity index (χ2n) is 9.44. The van der Waals surface area contributed by atoms with Crippen molar-refractivity contribution in [3.63, 3.8) is 0 Å². The molecule has 0 heterocycles. The van der Waals surface area contributed by atoms with Crippen LogP contribution in [0, 0.1) is 5.92 Å². The molecule has 0 spiro atoms. The van der Waals surface area contributed by atoms with Crippen molar-refractivity contribution in [3.8, 4) is 0 Å². The average Bonchev–Trinajstić information content (AvgIpc) is 2.88. The van der Waals surface area contributed by atoms with Crippen LogP contribution in [0.25, 0.3) is 0 Å². The minimum absolute atomic E-state index is 0.0577. The first-order valence-electron chi connectivity index (χ1n) is 12.1. The van der Waals surface area contributed by atoms with E-state index in [-0.39, 0.29) is 12.0 Å². The third-order valence-corrected chi connectivity index (χ3v) is 6.09. The van der Waals surface area contributed by atoms with Gasteiger partial charge in [0.15, 0.2) is 0 Å². The summed E-state index contributed by atoms with van der Waals surface area (Å²) in [5.41, 5.74) is 6.91. The van der Waals surface area contributed by atoms with Crippen LogP contribution in [0.2, 0.25) is 5.02 Å². The number of carbonyl (C=O) groups excluding carboxylic acids is 3. The number of nitrogens with two attached hydrogens (primary N) is 1. The Morgan fingerprint density at radius 1 is 0.950 bits per heavy atom. The maximum Gasteiger partial charge on any atom is 0.405 e. The zero-order valence-electron chi connectivity index (χ0n) is 21.5. The number of benzene rings is 2. The van der Waals surface area contributed by atoms with Crippen molar-refractivity contribution >= 4 is 29.3 Å². The van der Waals surface area contributed by atoms with Gasteiger partial charge in [-0.05, 0) is 35.6 Å². The molecule has 4 atom stereocenters. The number of nitrogens with one attached hydrogen (secondary N) is 3. The fraction of sp³-hybridized carbons (Fsp3) is 0.423. The van der Waals surface area contributed by atoms with Gasteiger partial charge in [-0.15, -0.1) is 0 Å². The topological polar surface area (TPSA) is 134 Å². The zero-order chi connectivity index (χ0) is 30.3. The standard InChI is InChI=1S/C26H30ClF5N4O4/c1-14(2)19(21(37)26(31,32)24(40)34-13-25(28,29)30)35-23(39)20(16-8-4-3-5-9-16)36-22(38)18(33)12-15-7-6-10-17(27)11-15/h3-11,14,18-21,37H,12-13,33H2,1-2H3,(H,34,40)(H,35,39)(H,36,38). The molecule has 0 aliphatic rings. The fourth-order valence-electron chi connectivity index (χ4n) is 3.72. The van der Waals surface area contributed by atoms with E-state index in [1.54, 1.807) is 42.5 Å². The summed E-state index contributed by atoms with van der Waals surface area (Å²) in [4.78, 5) is 38.0. The van der Waals surface area contributed by atoms with E-state index >= 15 is 0 Å². The molecule has 0 aliphatic heterocycles. The van der Waals surface area contributed by atoms with Crippen molar-refractivity contribution in [1.29, 1.82) is 0 Å². The first-order valence-corrected chi connectivity index (χ1v) is 12.5. The third-order valence-electron chi connectivity index (χ3n) is 5.85. The van der Waals surface area contributed by atoms with Crippen molar-refractivity contribution in [2.24, 2.45) is 11.7 Å². The number of halogens is 6. The lowest BCUT2D eigenvalue weighted by Gasteiger charge is -2.33. The Morgan fingerprint density at radius 3 is 2.12 bits per heavy atom. The van der Waals surface area contributed by atoms with E-state index in [1.165, 1.54) is 26.0 Å². The van der Waals surface area contributed by atoms with Gasteiger partial charge in [-0.25, -0.2) is 0 Å². The molecule has 0 fully saturated rings. The number of aliphatic hydroxyl groups is 1. The van der Waals surface area contributed by atoms with Crippen LogP contribution in [0.5, 0.6) is 0 Å². The normalized spacial score (nSPS) is 15.1. The van der Waals surface area contributed by atoms with E-state index in [0.717, 1.165) is 5.32 Å². The van der Waals surface area contributed by atoms with Crippen LogP contribution in [0.3, 0.4) is 0 Å². The maximum atomic E-state index is 14.6. The van der Waals surface area contributed by atoms with Gasteiger partial charge in [-0.2, -0.15) is 22.0 Å². The van der Waals surface area contributed by atoms with Gasteiger partial charge in [0.05, 0.1) is 12.1 Å². The van der Waals surface area contributed by atoms with Crippen LogP contribution in [0.4, 0.5) is 22.0 Å². The summed E-state index contributed by atoms with van der Waals surface area (Å²) in [6.07, 6.45) is -7.80. The molecule has 0 saturated heterocycles. The van der Waals surface area contributed by atoms with E-state index in [0.29, 0.717) is 10.6 Å². The molecule has 2 aromatic carbocycles. The number of hydrogen-bond donors (Lipinski definition) is 5. The predicted octanol–water partition coefficient (Wildman–Crippen LogP) is 2.88. The molecule has 2 aromatic rings. The first kappa shape index (κ1) is 32.9. The highest BCUT2D eigenvalue weighted by atomic mass is 35.5. The molecular weight excluding hydrogens is 563 g/mol. The average molecular weight is 593 g/mol. The summed E-state index contributed by atoms with van der Waals surface area (Å²) in [5, 5.41) is 16.5. The number of hydrogen-bond acceptors (Lipinski definition) is 5. The van der Waals surface area contributed by atoms with E-state index in [1.807, 2.05) is 0 Å². The van der Waals surface area contributed by atoms with Crippen LogP contribution in [-0.4, -0.2) is 59.7 Å².